The van der Waals surface area contributed by atoms with E-state index in [0.717, 1.165) is 25.1 Å². The molecule has 0 saturated carbocycles. The molecular weight excluding hydrogens is 248 g/mol. The van der Waals surface area contributed by atoms with Gasteiger partial charge in [-0.05, 0) is 36.5 Å². The minimum absolute atomic E-state index is 0.123. The van der Waals surface area contributed by atoms with E-state index >= 15 is 0 Å². The Kier molecular flexibility index (Phi) is 3.80. The minimum atomic E-state index is -3.24. The van der Waals surface area contributed by atoms with E-state index in [1.807, 2.05) is 32.0 Å². The Labute approximate surface area is 109 Å². The van der Waals surface area contributed by atoms with Gasteiger partial charge >= 0.3 is 0 Å². The molecule has 18 heavy (non-hydrogen) atoms. The van der Waals surface area contributed by atoms with Gasteiger partial charge in [-0.2, -0.15) is 0 Å². The molecule has 4 nitrogen and oxygen atoms in total. The third-order valence-electron chi connectivity index (χ3n) is 2.87. The Morgan fingerprint density at radius 1 is 1.39 bits per heavy atom. The number of hydrogen-bond acceptors (Lipinski definition) is 3. The number of benzene rings is 1. The summed E-state index contributed by atoms with van der Waals surface area (Å²) in [5, 5.41) is 3.29. The molecule has 1 aliphatic rings. The summed E-state index contributed by atoms with van der Waals surface area (Å²) in [5.74, 6) is 0.274. The van der Waals surface area contributed by atoms with Crippen molar-refractivity contribution in [3.8, 4) is 0 Å². The first-order chi connectivity index (χ1) is 8.46. The predicted molar refractivity (Wildman–Crippen MR) is 75.5 cm³/mol. The quantitative estimate of drug-likeness (QED) is 0.882. The van der Waals surface area contributed by atoms with Crippen LogP contribution in [0, 0.1) is 5.92 Å². The molecule has 1 heterocycles. The van der Waals surface area contributed by atoms with E-state index in [1.165, 1.54) is 5.56 Å². The number of hydrogen-bond donors (Lipinski definition) is 2. The minimum Gasteiger partial charge on any atom is -0.385 e. The van der Waals surface area contributed by atoms with Gasteiger partial charge in [0.1, 0.15) is 0 Å². The summed E-state index contributed by atoms with van der Waals surface area (Å²) in [6.45, 7) is 4.75. The second-order valence-corrected chi connectivity index (χ2v) is 6.95. The van der Waals surface area contributed by atoms with E-state index in [-0.39, 0.29) is 11.7 Å². The molecule has 1 aliphatic heterocycles. The van der Waals surface area contributed by atoms with Crippen molar-refractivity contribution in [2.75, 3.05) is 22.3 Å². The maximum Gasteiger partial charge on any atom is 0.232 e. The predicted octanol–water partition coefficient (Wildman–Crippen LogP) is 2.44. The smallest absolute Gasteiger partial charge is 0.232 e. The summed E-state index contributed by atoms with van der Waals surface area (Å²) in [6.07, 6.45) is 2.19. The highest BCUT2D eigenvalue weighted by Gasteiger charge is 2.14. The molecule has 0 radical (unpaired) electrons. The molecule has 0 aromatic heterocycles. The van der Waals surface area contributed by atoms with Gasteiger partial charge in [0.15, 0.2) is 0 Å². The van der Waals surface area contributed by atoms with Crippen molar-refractivity contribution in [3.05, 3.63) is 23.8 Å². The summed E-state index contributed by atoms with van der Waals surface area (Å²) in [5.41, 5.74) is 2.95. The number of rotatable bonds is 4. The highest BCUT2D eigenvalue weighted by atomic mass is 32.2. The zero-order valence-corrected chi connectivity index (χ0v) is 11.7. The van der Waals surface area contributed by atoms with Crippen LogP contribution in [0.3, 0.4) is 0 Å². The Hall–Kier alpha value is -1.23. The van der Waals surface area contributed by atoms with Crippen LogP contribution < -0.4 is 10.0 Å². The van der Waals surface area contributed by atoms with Crippen molar-refractivity contribution in [2.45, 2.75) is 26.7 Å². The topological polar surface area (TPSA) is 58.2 Å². The summed E-state index contributed by atoms with van der Waals surface area (Å²) in [7, 11) is -3.24. The molecule has 1 aromatic carbocycles. The van der Waals surface area contributed by atoms with Crippen LogP contribution in [-0.4, -0.2) is 20.7 Å². The van der Waals surface area contributed by atoms with Crippen LogP contribution in [0.25, 0.3) is 0 Å². The fourth-order valence-electron chi connectivity index (χ4n) is 2.18. The Morgan fingerprint density at radius 2 is 2.17 bits per heavy atom. The molecule has 0 aliphatic carbocycles. The molecule has 5 heteroatoms. The maximum absolute atomic E-state index is 11.8. The zero-order chi connectivity index (χ0) is 13.2. The van der Waals surface area contributed by atoms with Gasteiger partial charge < -0.3 is 5.32 Å². The molecule has 0 spiro atoms. The van der Waals surface area contributed by atoms with Gasteiger partial charge in [0.05, 0.1) is 11.4 Å². The molecule has 0 bridgehead atoms. The molecule has 0 saturated heterocycles. The van der Waals surface area contributed by atoms with Gasteiger partial charge in [0.2, 0.25) is 10.0 Å². The van der Waals surface area contributed by atoms with E-state index in [2.05, 4.69) is 10.0 Å². The van der Waals surface area contributed by atoms with E-state index < -0.39 is 10.0 Å². The lowest BCUT2D eigenvalue weighted by Gasteiger charge is -2.19. The first-order valence-electron chi connectivity index (χ1n) is 6.33. The van der Waals surface area contributed by atoms with E-state index in [0.29, 0.717) is 5.69 Å². The molecule has 100 valence electrons. The summed E-state index contributed by atoms with van der Waals surface area (Å²) < 4.78 is 26.3. The summed E-state index contributed by atoms with van der Waals surface area (Å²) >= 11 is 0. The molecule has 1 aromatic rings. The number of sulfonamides is 1. The molecule has 0 atom stereocenters. The third-order valence-corrected chi connectivity index (χ3v) is 4.53. The van der Waals surface area contributed by atoms with E-state index in [4.69, 9.17) is 0 Å². The van der Waals surface area contributed by atoms with Crippen molar-refractivity contribution in [3.63, 3.8) is 0 Å². The lowest BCUT2D eigenvalue weighted by Crippen LogP contribution is -2.20. The van der Waals surface area contributed by atoms with E-state index in [9.17, 15) is 8.42 Å². The van der Waals surface area contributed by atoms with Crippen molar-refractivity contribution in [1.29, 1.82) is 0 Å². The average molecular weight is 268 g/mol. The van der Waals surface area contributed by atoms with Crippen LogP contribution in [0.15, 0.2) is 18.2 Å². The normalized spacial score (nSPS) is 15.1. The standard InChI is InChI=1S/C13H20N2O2S/c1-10(2)9-18(16,17)15-12-6-5-11-4-3-7-14-13(11)8-12/h5-6,8,10,14-15H,3-4,7,9H2,1-2H3. The van der Waals surface area contributed by atoms with Crippen molar-refractivity contribution < 1.29 is 8.42 Å². The van der Waals surface area contributed by atoms with Gasteiger partial charge in [0.25, 0.3) is 0 Å². The Morgan fingerprint density at radius 3 is 2.89 bits per heavy atom. The zero-order valence-electron chi connectivity index (χ0n) is 10.9. The fraction of sp³-hybridized carbons (Fsp3) is 0.538. The van der Waals surface area contributed by atoms with Crippen LogP contribution in [0.1, 0.15) is 25.8 Å². The van der Waals surface area contributed by atoms with Crippen molar-refractivity contribution in [2.24, 2.45) is 5.92 Å². The first kappa shape index (κ1) is 13.2. The molecule has 2 rings (SSSR count). The van der Waals surface area contributed by atoms with Crippen LogP contribution in [0.2, 0.25) is 0 Å². The first-order valence-corrected chi connectivity index (χ1v) is 7.99. The van der Waals surface area contributed by atoms with Crippen LogP contribution >= 0.6 is 0 Å². The summed E-state index contributed by atoms with van der Waals surface area (Å²) in [6, 6.07) is 5.71. The number of fused-ring (bicyclic) bond motifs is 1. The average Bonchev–Trinajstić information content (AvgIpc) is 2.26. The highest BCUT2D eigenvalue weighted by molar-refractivity contribution is 7.92. The van der Waals surface area contributed by atoms with Crippen LogP contribution in [0.5, 0.6) is 0 Å². The van der Waals surface area contributed by atoms with Crippen LogP contribution in [-0.2, 0) is 16.4 Å². The lowest BCUT2D eigenvalue weighted by atomic mass is 10.0. The Balaban J connectivity index is 2.15. The number of nitrogens with one attached hydrogen (secondary N) is 2. The lowest BCUT2D eigenvalue weighted by molar-refractivity contribution is 0.587. The molecule has 0 amide bonds. The third kappa shape index (κ3) is 3.38. The highest BCUT2D eigenvalue weighted by Crippen LogP contribution is 2.26. The molecule has 0 fully saturated rings. The van der Waals surface area contributed by atoms with Gasteiger partial charge in [-0.3, -0.25) is 4.72 Å². The molecular formula is C13H20N2O2S. The summed E-state index contributed by atoms with van der Waals surface area (Å²) in [4.78, 5) is 0. The second-order valence-electron chi connectivity index (χ2n) is 5.18. The van der Waals surface area contributed by atoms with Gasteiger partial charge in [-0.1, -0.05) is 19.9 Å². The van der Waals surface area contributed by atoms with Gasteiger partial charge in [-0.25, -0.2) is 8.42 Å². The van der Waals surface area contributed by atoms with Crippen molar-refractivity contribution >= 4 is 21.4 Å². The molecule has 2 N–H and O–H groups in total. The van der Waals surface area contributed by atoms with Crippen LogP contribution in [0.4, 0.5) is 11.4 Å². The number of anilines is 2. The monoisotopic (exact) mass is 268 g/mol. The van der Waals surface area contributed by atoms with E-state index in [1.54, 1.807) is 0 Å². The largest absolute Gasteiger partial charge is 0.385 e. The van der Waals surface area contributed by atoms with Crippen molar-refractivity contribution in [1.82, 2.24) is 0 Å². The molecule has 0 unspecified atom stereocenters. The van der Waals surface area contributed by atoms with Gasteiger partial charge in [0, 0.05) is 12.2 Å². The second kappa shape index (κ2) is 5.18. The maximum atomic E-state index is 11.8. The fourth-order valence-corrected chi connectivity index (χ4v) is 3.63. The van der Waals surface area contributed by atoms with Gasteiger partial charge in [-0.15, -0.1) is 0 Å². The number of aryl methyl sites for hydroxylation is 1. The SMILES string of the molecule is CC(C)CS(=O)(=O)Nc1ccc2c(c1)NCCC2. The Bertz CT molecular complexity index is 524.